The molecule has 190 valence electrons. The first-order valence-corrected chi connectivity index (χ1v) is 12.9. The second-order valence-electron chi connectivity index (χ2n) is 10.4. The molecule has 0 radical (unpaired) electrons. The van der Waals surface area contributed by atoms with Gasteiger partial charge in [-0.1, -0.05) is 18.2 Å². The van der Waals surface area contributed by atoms with Crippen molar-refractivity contribution < 1.29 is 14.3 Å². The fraction of sp³-hybridized carbons (Fsp3) is 0.519. The number of rotatable bonds is 4. The van der Waals surface area contributed by atoms with E-state index >= 15 is 0 Å². The van der Waals surface area contributed by atoms with E-state index in [1.165, 1.54) is 0 Å². The molecular weight excluding hydrogens is 456 g/mol. The van der Waals surface area contributed by atoms with E-state index in [0.29, 0.717) is 56.3 Å². The van der Waals surface area contributed by atoms with Crippen LogP contribution in [0.25, 0.3) is 0 Å². The van der Waals surface area contributed by atoms with Gasteiger partial charge in [0.05, 0.1) is 5.54 Å². The fourth-order valence-electron chi connectivity index (χ4n) is 5.50. The Hall–Kier alpha value is -3.49. The van der Waals surface area contributed by atoms with Gasteiger partial charge in [-0.05, 0) is 68.2 Å². The van der Waals surface area contributed by atoms with Crippen LogP contribution in [0, 0.1) is 10.8 Å². The summed E-state index contributed by atoms with van der Waals surface area (Å²) in [6.07, 6.45) is 14.0. The van der Waals surface area contributed by atoms with Crippen molar-refractivity contribution in [2.24, 2.45) is 0 Å². The largest absolute Gasteiger partial charge is 0.446 e. The minimum Gasteiger partial charge on any atom is -0.446 e. The molecule has 0 bridgehead atoms. The number of fused-ring (bicyclic) bond motifs is 1. The number of aromatic nitrogens is 1. The summed E-state index contributed by atoms with van der Waals surface area (Å²) in [5.41, 5.74) is 2.39. The first-order valence-electron chi connectivity index (χ1n) is 12.9. The van der Waals surface area contributed by atoms with Gasteiger partial charge in [-0.2, -0.15) is 0 Å². The van der Waals surface area contributed by atoms with E-state index in [1.54, 1.807) is 22.1 Å². The number of nitrogens with one attached hydrogen (secondary N) is 3. The fourth-order valence-corrected chi connectivity index (χ4v) is 5.50. The molecule has 2 fully saturated rings. The third kappa shape index (κ3) is 5.05. The quantitative estimate of drug-likeness (QED) is 0.436. The Morgan fingerprint density at radius 3 is 2.72 bits per heavy atom. The van der Waals surface area contributed by atoms with Crippen molar-refractivity contribution >= 4 is 23.7 Å². The van der Waals surface area contributed by atoms with Gasteiger partial charge in [-0.25, -0.2) is 4.79 Å². The summed E-state index contributed by atoms with van der Waals surface area (Å²) in [4.78, 5) is 33.7. The van der Waals surface area contributed by atoms with Crippen LogP contribution in [-0.4, -0.2) is 63.2 Å². The molecule has 1 saturated heterocycles. The Bertz CT molecular complexity index is 1150. The van der Waals surface area contributed by atoms with E-state index in [4.69, 9.17) is 15.6 Å². The molecule has 4 aliphatic rings. The monoisotopic (exact) mass is 490 g/mol. The van der Waals surface area contributed by atoms with Crippen molar-refractivity contribution in [1.82, 2.24) is 20.1 Å². The first-order chi connectivity index (χ1) is 17.3. The maximum atomic E-state index is 13.2. The molecule has 5 rings (SSSR count). The van der Waals surface area contributed by atoms with Gasteiger partial charge in [-0.15, -0.1) is 0 Å². The summed E-state index contributed by atoms with van der Waals surface area (Å²) in [5.74, 6) is 0.511. The summed E-state index contributed by atoms with van der Waals surface area (Å²) >= 11 is 0. The minimum absolute atomic E-state index is 0.0263. The lowest BCUT2D eigenvalue weighted by molar-refractivity contribution is 0.0618. The zero-order valence-electron chi connectivity index (χ0n) is 20.8. The van der Waals surface area contributed by atoms with Crippen molar-refractivity contribution in [2.45, 2.75) is 76.5 Å². The summed E-state index contributed by atoms with van der Waals surface area (Å²) < 4.78 is 5.68. The van der Waals surface area contributed by atoms with Crippen molar-refractivity contribution in [2.75, 3.05) is 13.1 Å². The second kappa shape index (κ2) is 9.87. The molecule has 3 N–H and O–H groups in total. The van der Waals surface area contributed by atoms with Crippen LogP contribution >= 0.6 is 0 Å². The van der Waals surface area contributed by atoms with Crippen LogP contribution in [0.1, 0.15) is 73.5 Å². The summed E-state index contributed by atoms with van der Waals surface area (Å²) in [5, 5.41) is 19.7. The third-order valence-electron chi connectivity index (χ3n) is 7.57. The van der Waals surface area contributed by atoms with Gasteiger partial charge in [0.2, 0.25) is 0 Å². The molecule has 3 heterocycles. The van der Waals surface area contributed by atoms with Gasteiger partial charge >= 0.3 is 6.09 Å². The van der Waals surface area contributed by atoms with E-state index in [1.807, 2.05) is 25.2 Å². The van der Waals surface area contributed by atoms with E-state index in [-0.39, 0.29) is 18.1 Å². The number of likely N-dealkylation sites (tertiary alicyclic amines) is 1. The highest BCUT2D eigenvalue weighted by molar-refractivity contribution is 6.08. The number of nitrogens with zero attached hydrogens (tertiary/aromatic N) is 3. The number of pyridine rings is 1. The van der Waals surface area contributed by atoms with Crippen LogP contribution in [0.2, 0.25) is 0 Å². The van der Waals surface area contributed by atoms with E-state index < -0.39 is 5.54 Å². The van der Waals surface area contributed by atoms with E-state index in [0.717, 1.165) is 48.8 Å². The maximum Gasteiger partial charge on any atom is 0.410 e. The molecule has 9 nitrogen and oxygen atoms in total. The van der Waals surface area contributed by atoms with Gasteiger partial charge in [-0.3, -0.25) is 20.6 Å². The summed E-state index contributed by atoms with van der Waals surface area (Å²) in [6, 6.07) is 1.78. The Morgan fingerprint density at radius 2 is 1.97 bits per heavy atom. The predicted molar refractivity (Wildman–Crippen MR) is 136 cm³/mol. The summed E-state index contributed by atoms with van der Waals surface area (Å²) in [7, 11) is 0. The Balaban J connectivity index is 1.23. The number of ether oxygens (including phenoxy) is 1. The SMILES string of the molecule is CC1(NC(=O)c2cc3c(cn2)CCN(C(=O)OC2CCCC2)C3)C=CC=C(C(=N)N2CCCC2=N)C1. The number of carbonyl (C=O) groups is 2. The molecule has 1 atom stereocenters. The van der Waals surface area contributed by atoms with Crippen molar-refractivity contribution in [3.8, 4) is 0 Å². The highest BCUT2D eigenvalue weighted by atomic mass is 16.6. The lowest BCUT2D eigenvalue weighted by Crippen LogP contribution is -2.47. The van der Waals surface area contributed by atoms with Gasteiger partial charge in [0.1, 0.15) is 23.5 Å². The molecule has 2 amide bonds. The van der Waals surface area contributed by atoms with Crippen molar-refractivity contribution in [3.05, 3.63) is 52.9 Å². The first kappa shape index (κ1) is 24.2. The van der Waals surface area contributed by atoms with Crippen LogP contribution in [0.5, 0.6) is 0 Å². The smallest absolute Gasteiger partial charge is 0.410 e. The van der Waals surface area contributed by atoms with Gasteiger partial charge in [0, 0.05) is 38.7 Å². The number of hydrogen-bond donors (Lipinski definition) is 3. The molecular formula is C27H34N6O3. The zero-order chi connectivity index (χ0) is 25.3. The third-order valence-corrected chi connectivity index (χ3v) is 7.57. The highest BCUT2D eigenvalue weighted by Gasteiger charge is 2.32. The van der Waals surface area contributed by atoms with Crippen LogP contribution in [0.15, 0.2) is 36.1 Å². The molecule has 1 aromatic rings. The lowest BCUT2D eigenvalue weighted by atomic mass is 9.87. The highest BCUT2D eigenvalue weighted by Crippen LogP contribution is 2.28. The van der Waals surface area contributed by atoms with Crippen molar-refractivity contribution in [3.63, 3.8) is 0 Å². The van der Waals surface area contributed by atoms with Crippen LogP contribution < -0.4 is 5.32 Å². The topological polar surface area (TPSA) is 122 Å². The normalized spacial score (nSPS) is 23.9. The molecule has 1 aromatic heterocycles. The Kier molecular flexibility index (Phi) is 6.64. The number of carbonyl (C=O) groups excluding carboxylic acids is 2. The van der Waals surface area contributed by atoms with Crippen LogP contribution in [0.3, 0.4) is 0 Å². The average Bonchev–Trinajstić information content (AvgIpc) is 3.54. The summed E-state index contributed by atoms with van der Waals surface area (Å²) in [6.45, 7) is 3.61. The molecule has 2 aliphatic heterocycles. The van der Waals surface area contributed by atoms with Gasteiger partial charge in [0.15, 0.2) is 0 Å². The molecule has 2 aliphatic carbocycles. The molecule has 0 aromatic carbocycles. The van der Waals surface area contributed by atoms with Gasteiger partial charge < -0.3 is 19.9 Å². The number of hydrogen-bond acceptors (Lipinski definition) is 6. The molecule has 36 heavy (non-hydrogen) atoms. The lowest BCUT2D eigenvalue weighted by Gasteiger charge is -2.33. The minimum atomic E-state index is -0.677. The molecule has 1 saturated carbocycles. The Labute approximate surface area is 211 Å². The van der Waals surface area contributed by atoms with E-state index in [9.17, 15) is 9.59 Å². The van der Waals surface area contributed by atoms with E-state index in [2.05, 4.69) is 10.3 Å². The molecule has 0 spiro atoms. The zero-order valence-corrected chi connectivity index (χ0v) is 20.8. The standard InChI is InChI=1S/C27H34N6O3/c1-27(11-4-6-18(15-27)24(29)33-12-5-9-23(33)28)31-25(34)22-14-20-17-32(13-10-19(20)16-30-22)26(35)36-21-7-2-3-8-21/h4,6,11,14,16,21,28-29H,2-3,5,7-10,12-13,15,17H2,1H3,(H,31,34). The Morgan fingerprint density at radius 1 is 1.17 bits per heavy atom. The second-order valence-corrected chi connectivity index (χ2v) is 10.4. The molecule has 9 heteroatoms. The van der Waals surface area contributed by atoms with Crippen molar-refractivity contribution in [1.29, 1.82) is 10.8 Å². The number of allylic oxidation sites excluding steroid dienone is 2. The maximum absolute atomic E-state index is 13.2. The predicted octanol–water partition coefficient (Wildman–Crippen LogP) is 3.94. The van der Waals surface area contributed by atoms with Crippen LogP contribution in [0.4, 0.5) is 4.79 Å². The number of amidine groups is 2. The number of amides is 2. The van der Waals surface area contributed by atoms with Crippen LogP contribution in [-0.2, 0) is 17.7 Å². The average molecular weight is 491 g/mol. The van der Waals surface area contributed by atoms with Gasteiger partial charge in [0.25, 0.3) is 5.91 Å². The molecule has 1 unspecified atom stereocenters.